The average Bonchev–Trinajstić information content (AvgIpc) is 3.15. The summed E-state index contributed by atoms with van der Waals surface area (Å²) in [4.78, 5) is 23.2. The zero-order valence-corrected chi connectivity index (χ0v) is 13.5. The summed E-state index contributed by atoms with van der Waals surface area (Å²) in [7, 11) is 1.63. The number of amides is 1. The quantitative estimate of drug-likeness (QED) is 0.838. The average molecular weight is 360 g/mol. The molecule has 138 valence electrons. The van der Waals surface area contributed by atoms with E-state index in [1.54, 1.807) is 7.11 Å². The molecular weight excluding hydrogens is 341 g/mol. The normalized spacial score (nSPS) is 22.0. The predicted octanol–water partition coefficient (Wildman–Crippen LogP) is 1.62. The number of carbonyl (C=O) groups is 2. The molecule has 2 aliphatic rings. The van der Waals surface area contributed by atoms with Gasteiger partial charge in [-0.2, -0.15) is 13.2 Å². The maximum absolute atomic E-state index is 12.3. The maximum Gasteiger partial charge on any atom is 0.490 e. The lowest BCUT2D eigenvalue weighted by Crippen LogP contribution is -2.31. The van der Waals surface area contributed by atoms with Crippen LogP contribution in [0.2, 0.25) is 0 Å². The number of aliphatic carboxylic acids is 1. The summed E-state index contributed by atoms with van der Waals surface area (Å²) in [5.74, 6) is -0.534. The van der Waals surface area contributed by atoms with Crippen molar-refractivity contribution in [2.45, 2.75) is 6.18 Å². The van der Waals surface area contributed by atoms with Gasteiger partial charge < -0.3 is 20.1 Å². The molecule has 1 aromatic rings. The fourth-order valence-electron chi connectivity index (χ4n) is 2.94. The second-order valence-corrected chi connectivity index (χ2v) is 5.92. The first-order valence-electron chi connectivity index (χ1n) is 7.66. The highest BCUT2D eigenvalue weighted by Crippen LogP contribution is 2.27. The van der Waals surface area contributed by atoms with Gasteiger partial charge in [0.15, 0.2) is 0 Å². The van der Waals surface area contributed by atoms with E-state index in [1.165, 1.54) is 0 Å². The van der Waals surface area contributed by atoms with Crippen molar-refractivity contribution in [3.8, 4) is 5.75 Å². The molecule has 6 nitrogen and oxygen atoms in total. The molecule has 2 fully saturated rings. The van der Waals surface area contributed by atoms with Crippen LogP contribution in [-0.4, -0.2) is 61.3 Å². The van der Waals surface area contributed by atoms with Gasteiger partial charge in [0.1, 0.15) is 5.75 Å². The van der Waals surface area contributed by atoms with Crippen LogP contribution in [-0.2, 0) is 4.79 Å². The highest BCUT2D eigenvalue weighted by atomic mass is 19.4. The van der Waals surface area contributed by atoms with Crippen LogP contribution >= 0.6 is 0 Å². The summed E-state index contributed by atoms with van der Waals surface area (Å²) in [6, 6.07) is 7.36. The largest absolute Gasteiger partial charge is 0.497 e. The van der Waals surface area contributed by atoms with Gasteiger partial charge in [0.25, 0.3) is 5.91 Å². The van der Waals surface area contributed by atoms with Crippen molar-refractivity contribution in [1.82, 2.24) is 10.2 Å². The Labute approximate surface area is 142 Å². The van der Waals surface area contributed by atoms with Gasteiger partial charge in [-0.15, -0.1) is 0 Å². The minimum atomic E-state index is -5.08. The Morgan fingerprint density at radius 3 is 2.04 bits per heavy atom. The number of halogens is 3. The van der Waals surface area contributed by atoms with Gasteiger partial charge in [-0.05, 0) is 36.1 Å². The Hall–Kier alpha value is -2.29. The second kappa shape index (κ2) is 7.73. The molecule has 3 rings (SSSR count). The molecule has 1 amide bonds. The minimum absolute atomic E-state index is 0.145. The van der Waals surface area contributed by atoms with Gasteiger partial charge in [0.05, 0.1) is 7.11 Å². The van der Waals surface area contributed by atoms with Crippen molar-refractivity contribution in [3.05, 3.63) is 29.8 Å². The molecule has 2 atom stereocenters. The third-order valence-corrected chi connectivity index (χ3v) is 4.26. The van der Waals surface area contributed by atoms with E-state index in [-0.39, 0.29) is 5.91 Å². The van der Waals surface area contributed by atoms with Gasteiger partial charge in [-0.3, -0.25) is 4.79 Å². The van der Waals surface area contributed by atoms with Crippen molar-refractivity contribution >= 4 is 11.9 Å². The fraction of sp³-hybridized carbons (Fsp3) is 0.500. The first-order valence-corrected chi connectivity index (χ1v) is 7.66. The van der Waals surface area contributed by atoms with Crippen molar-refractivity contribution < 1.29 is 32.6 Å². The Kier molecular flexibility index (Phi) is 5.89. The smallest absolute Gasteiger partial charge is 0.490 e. The molecule has 2 aliphatic heterocycles. The van der Waals surface area contributed by atoms with Gasteiger partial charge in [0.2, 0.25) is 0 Å². The molecule has 0 radical (unpaired) electrons. The fourth-order valence-corrected chi connectivity index (χ4v) is 2.94. The SMILES string of the molecule is COc1ccc(C(=O)N2CC3CNCC3C2)cc1.O=C(O)C(F)(F)F. The first-order chi connectivity index (χ1) is 11.7. The molecule has 2 unspecified atom stereocenters. The number of benzene rings is 1. The molecule has 0 aromatic heterocycles. The number of ether oxygens (including phenoxy) is 1. The number of carboxylic acid groups (broad SMARTS) is 1. The number of rotatable bonds is 2. The van der Waals surface area contributed by atoms with Crippen LogP contribution in [0.3, 0.4) is 0 Å². The van der Waals surface area contributed by atoms with Gasteiger partial charge in [0, 0.05) is 31.7 Å². The molecule has 2 saturated heterocycles. The van der Waals surface area contributed by atoms with Crippen LogP contribution in [0, 0.1) is 11.8 Å². The molecule has 2 heterocycles. The number of nitrogens with zero attached hydrogens (tertiary/aromatic N) is 1. The summed E-state index contributed by atoms with van der Waals surface area (Å²) in [5, 5.41) is 10.5. The van der Waals surface area contributed by atoms with Crippen LogP contribution < -0.4 is 10.1 Å². The minimum Gasteiger partial charge on any atom is -0.497 e. The lowest BCUT2D eigenvalue weighted by Gasteiger charge is -2.17. The van der Waals surface area contributed by atoms with Crippen LogP contribution in [0.1, 0.15) is 10.4 Å². The van der Waals surface area contributed by atoms with Gasteiger partial charge in [-0.25, -0.2) is 4.79 Å². The number of fused-ring (bicyclic) bond motifs is 1. The zero-order valence-electron chi connectivity index (χ0n) is 13.5. The predicted molar refractivity (Wildman–Crippen MR) is 82.4 cm³/mol. The number of hydrogen-bond donors (Lipinski definition) is 2. The number of hydrogen-bond acceptors (Lipinski definition) is 4. The number of carboxylic acids is 1. The Morgan fingerprint density at radius 2 is 1.64 bits per heavy atom. The zero-order chi connectivity index (χ0) is 18.6. The molecule has 0 spiro atoms. The van der Waals surface area contributed by atoms with E-state index in [1.807, 2.05) is 29.2 Å². The molecule has 1 aromatic carbocycles. The third kappa shape index (κ3) is 4.85. The summed E-state index contributed by atoms with van der Waals surface area (Å²) < 4.78 is 36.8. The highest BCUT2D eigenvalue weighted by Gasteiger charge is 2.38. The molecule has 0 bridgehead atoms. The maximum atomic E-state index is 12.3. The van der Waals surface area contributed by atoms with E-state index in [9.17, 15) is 18.0 Å². The molecular formula is C16H19F3N2O4. The van der Waals surface area contributed by atoms with Crippen LogP contribution in [0.4, 0.5) is 13.2 Å². The standard InChI is InChI=1S/C14H18N2O2.C2HF3O2/c1-18-13-4-2-10(3-5-13)14(17)16-8-11-6-15-7-12(11)9-16;3-2(4,5)1(6)7/h2-5,11-12,15H,6-9H2,1H3;(H,6,7). The van der Waals surface area contributed by atoms with Gasteiger partial charge in [-0.1, -0.05) is 0 Å². The molecule has 2 N–H and O–H groups in total. The van der Waals surface area contributed by atoms with Crippen molar-refractivity contribution in [1.29, 1.82) is 0 Å². The van der Waals surface area contributed by atoms with E-state index >= 15 is 0 Å². The van der Waals surface area contributed by atoms with E-state index in [4.69, 9.17) is 14.6 Å². The van der Waals surface area contributed by atoms with E-state index in [0.29, 0.717) is 11.8 Å². The first kappa shape index (κ1) is 19.0. The third-order valence-electron chi connectivity index (χ3n) is 4.26. The monoisotopic (exact) mass is 360 g/mol. The van der Waals surface area contributed by atoms with Crippen LogP contribution in [0.15, 0.2) is 24.3 Å². The summed E-state index contributed by atoms with van der Waals surface area (Å²) in [5.41, 5.74) is 0.753. The van der Waals surface area contributed by atoms with Crippen molar-refractivity contribution in [2.24, 2.45) is 11.8 Å². The number of alkyl halides is 3. The van der Waals surface area contributed by atoms with Crippen LogP contribution in [0.25, 0.3) is 0 Å². The number of nitrogens with one attached hydrogen (secondary N) is 1. The molecule has 0 aliphatic carbocycles. The highest BCUT2D eigenvalue weighted by molar-refractivity contribution is 5.94. The molecule has 9 heteroatoms. The summed E-state index contributed by atoms with van der Waals surface area (Å²) in [6.45, 7) is 3.89. The Balaban J connectivity index is 0.000000277. The molecule has 25 heavy (non-hydrogen) atoms. The lowest BCUT2D eigenvalue weighted by molar-refractivity contribution is -0.192. The number of methoxy groups -OCH3 is 1. The molecule has 0 saturated carbocycles. The van der Waals surface area contributed by atoms with Gasteiger partial charge >= 0.3 is 12.1 Å². The summed E-state index contributed by atoms with van der Waals surface area (Å²) >= 11 is 0. The Morgan fingerprint density at radius 1 is 1.16 bits per heavy atom. The van der Waals surface area contributed by atoms with E-state index in [0.717, 1.165) is 37.5 Å². The number of carbonyl (C=O) groups excluding carboxylic acids is 1. The van der Waals surface area contributed by atoms with E-state index in [2.05, 4.69) is 5.32 Å². The Bertz CT molecular complexity index is 607. The second-order valence-electron chi connectivity index (χ2n) is 5.92. The van der Waals surface area contributed by atoms with Crippen molar-refractivity contribution in [3.63, 3.8) is 0 Å². The van der Waals surface area contributed by atoms with Crippen molar-refractivity contribution in [2.75, 3.05) is 33.3 Å². The van der Waals surface area contributed by atoms with E-state index < -0.39 is 12.1 Å². The lowest BCUT2D eigenvalue weighted by atomic mass is 10.0. The summed E-state index contributed by atoms with van der Waals surface area (Å²) in [6.07, 6.45) is -5.08. The topological polar surface area (TPSA) is 78.9 Å². The number of likely N-dealkylation sites (tertiary alicyclic amines) is 1. The van der Waals surface area contributed by atoms with Crippen LogP contribution in [0.5, 0.6) is 5.75 Å².